The van der Waals surface area contributed by atoms with Gasteiger partial charge in [-0.3, -0.25) is 0 Å². The number of hydrogen-bond acceptors (Lipinski definition) is 2. The van der Waals surface area contributed by atoms with Crippen LogP contribution in [0.15, 0.2) is 24.3 Å². The lowest BCUT2D eigenvalue weighted by atomic mass is 10.0. The molecular weight excluding hydrogens is 215 g/mol. The molecule has 1 unspecified atom stereocenters. The summed E-state index contributed by atoms with van der Waals surface area (Å²) in [6.45, 7) is 7.26. The molecule has 1 aromatic carbocycles. The van der Waals surface area contributed by atoms with Crippen molar-refractivity contribution >= 4 is 0 Å². The van der Waals surface area contributed by atoms with Crippen molar-refractivity contribution in [1.82, 2.24) is 10.2 Å². The zero-order chi connectivity index (χ0) is 12.7. The molecule has 0 heterocycles. The normalized spacial score (nSPS) is 13.0. The van der Waals surface area contributed by atoms with Crippen LogP contribution in [0.4, 0.5) is 4.39 Å². The molecule has 17 heavy (non-hydrogen) atoms. The first kappa shape index (κ1) is 14.1. The Labute approximate surface area is 104 Å². The Kier molecular flexibility index (Phi) is 6.16. The largest absolute Gasteiger partial charge is 0.309 e. The van der Waals surface area contributed by atoms with Gasteiger partial charge in [-0.1, -0.05) is 26.0 Å². The van der Waals surface area contributed by atoms with Crippen LogP contribution in [0, 0.1) is 5.82 Å². The van der Waals surface area contributed by atoms with E-state index in [1.54, 1.807) is 12.1 Å². The van der Waals surface area contributed by atoms with Crippen LogP contribution in [0.5, 0.6) is 0 Å². The maximum atomic E-state index is 13.1. The Morgan fingerprint density at radius 2 is 2.12 bits per heavy atom. The fourth-order valence-corrected chi connectivity index (χ4v) is 1.81. The predicted octanol–water partition coefficient (Wildman–Crippen LogP) is 2.82. The highest BCUT2D eigenvalue weighted by Gasteiger charge is 2.09. The Balaban J connectivity index is 2.48. The van der Waals surface area contributed by atoms with Gasteiger partial charge in [0.05, 0.1) is 0 Å². The summed E-state index contributed by atoms with van der Waals surface area (Å²) in [7, 11) is 2.10. The highest BCUT2D eigenvalue weighted by atomic mass is 19.1. The van der Waals surface area contributed by atoms with Gasteiger partial charge in [0.2, 0.25) is 0 Å². The van der Waals surface area contributed by atoms with Crippen LogP contribution in [-0.4, -0.2) is 31.6 Å². The number of benzene rings is 1. The van der Waals surface area contributed by atoms with Crippen molar-refractivity contribution in [3.05, 3.63) is 35.6 Å². The highest BCUT2D eigenvalue weighted by Crippen LogP contribution is 2.16. The summed E-state index contributed by atoms with van der Waals surface area (Å²) >= 11 is 0. The minimum atomic E-state index is -0.159. The number of nitrogens with one attached hydrogen (secondary N) is 1. The van der Waals surface area contributed by atoms with Crippen LogP contribution in [0.3, 0.4) is 0 Å². The van der Waals surface area contributed by atoms with E-state index < -0.39 is 0 Å². The molecule has 0 aromatic heterocycles. The highest BCUT2D eigenvalue weighted by molar-refractivity contribution is 5.19. The van der Waals surface area contributed by atoms with Crippen LogP contribution in [0.1, 0.15) is 31.9 Å². The second-order valence-corrected chi connectivity index (χ2v) is 4.37. The van der Waals surface area contributed by atoms with Gasteiger partial charge in [-0.25, -0.2) is 4.39 Å². The zero-order valence-corrected chi connectivity index (χ0v) is 11.0. The van der Waals surface area contributed by atoms with Crippen LogP contribution in [-0.2, 0) is 0 Å². The van der Waals surface area contributed by atoms with Gasteiger partial charge in [0.25, 0.3) is 0 Å². The molecule has 1 aromatic rings. The zero-order valence-electron chi connectivity index (χ0n) is 11.0. The number of halogens is 1. The van der Waals surface area contributed by atoms with Gasteiger partial charge in [-0.05, 0) is 37.7 Å². The number of nitrogens with zero attached hydrogens (tertiary/aromatic N) is 1. The number of hydrogen-bond donors (Lipinski definition) is 1. The summed E-state index contributed by atoms with van der Waals surface area (Å²) in [6.07, 6.45) is 0.972. The van der Waals surface area contributed by atoms with E-state index in [0.29, 0.717) is 0 Å². The third kappa shape index (κ3) is 4.84. The second-order valence-electron chi connectivity index (χ2n) is 4.37. The van der Waals surface area contributed by atoms with E-state index in [-0.39, 0.29) is 11.9 Å². The molecule has 0 aliphatic heterocycles. The summed E-state index contributed by atoms with van der Waals surface area (Å²) in [6, 6.07) is 7.10. The molecule has 0 aliphatic rings. The molecule has 2 nitrogen and oxygen atoms in total. The Bertz CT molecular complexity index is 328. The second kappa shape index (κ2) is 7.41. The summed E-state index contributed by atoms with van der Waals surface area (Å²) in [5, 5.41) is 3.47. The van der Waals surface area contributed by atoms with Crippen molar-refractivity contribution in [2.45, 2.75) is 26.3 Å². The van der Waals surface area contributed by atoms with Crippen LogP contribution >= 0.6 is 0 Å². The Morgan fingerprint density at radius 3 is 2.71 bits per heavy atom. The van der Waals surface area contributed by atoms with Gasteiger partial charge in [-0.2, -0.15) is 0 Å². The van der Waals surface area contributed by atoms with Gasteiger partial charge < -0.3 is 10.2 Å². The summed E-state index contributed by atoms with van der Waals surface area (Å²) in [5.74, 6) is -0.159. The van der Waals surface area contributed by atoms with Gasteiger partial charge in [-0.15, -0.1) is 0 Å². The van der Waals surface area contributed by atoms with E-state index in [9.17, 15) is 4.39 Å². The molecule has 0 amide bonds. The molecule has 0 aliphatic carbocycles. The first-order valence-corrected chi connectivity index (χ1v) is 6.34. The van der Waals surface area contributed by atoms with Crippen molar-refractivity contribution in [3.8, 4) is 0 Å². The SMILES string of the molecule is CCC(NCCN(C)CC)c1cccc(F)c1. The van der Waals surface area contributed by atoms with Crippen molar-refractivity contribution in [2.75, 3.05) is 26.7 Å². The Morgan fingerprint density at radius 1 is 1.35 bits per heavy atom. The standard InChI is InChI=1S/C14H23FN2/c1-4-14(16-9-10-17(3)5-2)12-7-6-8-13(15)11-12/h6-8,11,14,16H,4-5,9-10H2,1-3H3. The van der Waals surface area contributed by atoms with E-state index >= 15 is 0 Å². The minimum Gasteiger partial charge on any atom is -0.309 e. The fourth-order valence-electron chi connectivity index (χ4n) is 1.81. The lowest BCUT2D eigenvalue weighted by Gasteiger charge is -2.20. The Hall–Kier alpha value is -0.930. The third-order valence-corrected chi connectivity index (χ3v) is 3.08. The van der Waals surface area contributed by atoms with Crippen molar-refractivity contribution < 1.29 is 4.39 Å². The maximum absolute atomic E-state index is 13.1. The average molecular weight is 238 g/mol. The maximum Gasteiger partial charge on any atom is 0.123 e. The first-order chi connectivity index (χ1) is 8.17. The van der Waals surface area contributed by atoms with Gasteiger partial charge in [0.1, 0.15) is 5.82 Å². The molecule has 0 fully saturated rings. The van der Waals surface area contributed by atoms with E-state index in [1.165, 1.54) is 6.07 Å². The fraction of sp³-hybridized carbons (Fsp3) is 0.571. The van der Waals surface area contributed by atoms with E-state index in [0.717, 1.165) is 31.6 Å². The topological polar surface area (TPSA) is 15.3 Å². The molecule has 0 bridgehead atoms. The quantitative estimate of drug-likeness (QED) is 0.786. The number of rotatable bonds is 7. The summed E-state index contributed by atoms with van der Waals surface area (Å²) < 4.78 is 13.1. The van der Waals surface area contributed by atoms with Crippen molar-refractivity contribution in [3.63, 3.8) is 0 Å². The summed E-state index contributed by atoms with van der Waals surface area (Å²) in [5.41, 5.74) is 1.03. The van der Waals surface area contributed by atoms with E-state index in [1.807, 2.05) is 6.07 Å². The molecule has 0 saturated heterocycles. The lowest BCUT2D eigenvalue weighted by Crippen LogP contribution is -2.31. The van der Waals surface area contributed by atoms with Crippen LogP contribution < -0.4 is 5.32 Å². The minimum absolute atomic E-state index is 0.159. The molecule has 3 heteroatoms. The van der Waals surface area contributed by atoms with E-state index in [4.69, 9.17) is 0 Å². The van der Waals surface area contributed by atoms with Gasteiger partial charge >= 0.3 is 0 Å². The molecule has 1 rings (SSSR count). The van der Waals surface area contributed by atoms with Crippen molar-refractivity contribution in [2.24, 2.45) is 0 Å². The predicted molar refractivity (Wildman–Crippen MR) is 70.6 cm³/mol. The lowest BCUT2D eigenvalue weighted by molar-refractivity contribution is 0.338. The summed E-state index contributed by atoms with van der Waals surface area (Å²) in [4.78, 5) is 2.26. The van der Waals surface area contributed by atoms with Gasteiger partial charge in [0.15, 0.2) is 0 Å². The molecular formula is C14H23FN2. The monoisotopic (exact) mass is 238 g/mol. The van der Waals surface area contributed by atoms with Crippen molar-refractivity contribution in [1.29, 1.82) is 0 Å². The third-order valence-electron chi connectivity index (χ3n) is 3.08. The molecule has 0 saturated carbocycles. The molecule has 1 atom stereocenters. The molecule has 0 spiro atoms. The number of likely N-dealkylation sites (N-methyl/N-ethyl adjacent to an activating group) is 1. The van der Waals surface area contributed by atoms with E-state index in [2.05, 4.69) is 31.1 Å². The molecule has 1 N–H and O–H groups in total. The van der Waals surface area contributed by atoms with Gasteiger partial charge in [0, 0.05) is 19.1 Å². The molecule has 96 valence electrons. The molecule has 0 radical (unpaired) electrons. The average Bonchev–Trinajstić information content (AvgIpc) is 2.34. The smallest absolute Gasteiger partial charge is 0.123 e. The van der Waals surface area contributed by atoms with Crippen LogP contribution in [0.2, 0.25) is 0 Å². The van der Waals surface area contributed by atoms with Crippen LogP contribution in [0.25, 0.3) is 0 Å². The first-order valence-electron chi connectivity index (χ1n) is 6.34.